The monoisotopic (exact) mass is 281 g/mol. The van der Waals surface area contributed by atoms with Gasteiger partial charge in [0.1, 0.15) is 0 Å². The molecule has 0 bridgehead atoms. The molecule has 0 spiro atoms. The highest BCUT2D eigenvalue weighted by Gasteiger charge is 2.12. The quantitative estimate of drug-likeness (QED) is 0.919. The molecule has 16 heavy (non-hydrogen) atoms. The van der Waals surface area contributed by atoms with E-state index in [0.717, 1.165) is 15.6 Å². The number of nitrogens with zero attached hydrogens (tertiary/aromatic N) is 1. The van der Waals surface area contributed by atoms with Gasteiger partial charge in [0.05, 0.1) is 0 Å². The van der Waals surface area contributed by atoms with Gasteiger partial charge in [-0.1, -0.05) is 21.1 Å². The van der Waals surface area contributed by atoms with Crippen LogP contribution >= 0.6 is 15.9 Å². The zero-order valence-electron chi connectivity index (χ0n) is 8.40. The molecule has 1 aromatic heterocycles. The first-order chi connectivity index (χ1) is 7.56. The van der Waals surface area contributed by atoms with E-state index in [4.69, 9.17) is 9.63 Å². The van der Waals surface area contributed by atoms with Gasteiger partial charge in [-0.05, 0) is 30.7 Å². The molecule has 2 aromatic rings. The SMILES string of the molecule is Cc1cc(Br)cc(-c2cc(C(=O)O)no2)c1. The van der Waals surface area contributed by atoms with Crippen LogP contribution in [0.15, 0.2) is 33.3 Å². The lowest BCUT2D eigenvalue weighted by Gasteiger charge is -1.99. The van der Waals surface area contributed by atoms with E-state index in [2.05, 4.69) is 21.1 Å². The first-order valence-corrected chi connectivity index (χ1v) is 5.33. The summed E-state index contributed by atoms with van der Waals surface area (Å²) >= 11 is 3.37. The number of aromatic nitrogens is 1. The second-order valence-corrected chi connectivity index (χ2v) is 4.31. The number of halogens is 1. The molecule has 1 N–H and O–H groups in total. The van der Waals surface area contributed by atoms with Crippen LogP contribution in [0, 0.1) is 6.92 Å². The van der Waals surface area contributed by atoms with Crippen molar-refractivity contribution in [3.8, 4) is 11.3 Å². The molecule has 0 aliphatic carbocycles. The maximum absolute atomic E-state index is 10.6. The van der Waals surface area contributed by atoms with Crippen molar-refractivity contribution in [2.45, 2.75) is 6.92 Å². The molecule has 0 aliphatic rings. The van der Waals surface area contributed by atoms with Crippen LogP contribution in [0.2, 0.25) is 0 Å². The lowest BCUT2D eigenvalue weighted by molar-refractivity contribution is 0.0686. The Morgan fingerprint density at radius 3 is 2.69 bits per heavy atom. The second kappa shape index (κ2) is 4.09. The minimum absolute atomic E-state index is 0.0902. The number of rotatable bonds is 2. The number of benzene rings is 1. The Balaban J connectivity index is 2.46. The number of carboxylic acids is 1. The van der Waals surface area contributed by atoms with Crippen molar-refractivity contribution >= 4 is 21.9 Å². The fraction of sp³-hybridized carbons (Fsp3) is 0.0909. The van der Waals surface area contributed by atoms with E-state index >= 15 is 0 Å². The molecule has 0 amide bonds. The Bertz CT molecular complexity index is 528. The zero-order valence-corrected chi connectivity index (χ0v) is 9.98. The lowest BCUT2D eigenvalue weighted by Crippen LogP contribution is -1.94. The van der Waals surface area contributed by atoms with Crippen molar-refractivity contribution in [1.29, 1.82) is 0 Å². The molecule has 1 heterocycles. The molecule has 5 heteroatoms. The second-order valence-electron chi connectivity index (χ2n) is 3.40. The average Bonchev–Trinajstić information content (AvgIpc) is 2.64. The summed E-state index contributed by atoms with van der Waals surface area (Å²) in [5, 5.41) is 12.2. The summed E-state index contributed by atoms with van der Waals surface area (Å²) in [6, 6.07) is 7.11. The largest absolute Gasteiger partial charge is 0.476 e. The number of carboxylic acid groups (broad SMARTS) is 1. The van der Waals surface area contributed by atoms with Crippen molar-refractivity contribution in [2.75, 3.05) is 0 Å². The van der Waals surface area contributed by atoms with Crippen LogP contribution < -0.4 is 0 Å². The number of aryl methyl sites for hydroxylation is 1. The van der Waals surface area contributed by atoms with E-state index in [1.165, 1.54) is 6.07 Å². The average molecular weight is 282 g/mol. The molecule has 0 saturated carbocycles. The predicted octanol–water partition coefficient (Wildman–Crippen LogP) is 3.11. The highest BCUT2D eigenvalue weighted by Crippen LogP contribution is 2.25. The number of carbonyl (C=O) groups is 1. The molecule has 2 rings (SSSR count). The van der Waals surface area contributed by atoms with Crippen molar-refractivity contribution in [1.82, 2.24) is 5.16 Å². The van der Waals surface area contributed by atoms with Gasteiger partial charge in [0.25, 0.3) is 0 Å². The number of aromatic carboxylic acids is 1. The highest BCUT2D eigenvalue weighted by molar-refractivity contribution is 9.10. The number of hydrogen-bond acceptors (Lipinski definition) is 3. The molecule has 1 aromatic carbocycles. The topological polar surface area (TPSA) is 63.3 Å². The van der Waals surface area contributed by atoms with Gasteiger partial charge < -0.3 is 9.63 Å². The molecule has 0 saturated heterocycles. The van der Waals surface area contributed by atoms with Crippen molar-refractivity contribution in [3.05, 3.63) is 40.0 Å². The third-order valence-electron chi connectivity index (χ3n) is 2.06. The van der Waals surface area contributed by atoms with Gasteiger partial charge >= 0.3 is 5.97 Å². The Hall–Kier alpha value is -1.62. The summed E-state index contributed by atoms with van der Waals surface area (Å²) in [4.78, 5) is 10.6. The lowest BCUT2D eigenvalue weighted by atomic mass is 10.1. The highest BCUT2D eigenvalue weighted by atomic mass is 79.9. The van der Waals surface area contributed by atoms with Crippen LogP contribution in [0.3, 0.4) is 0 Å². The molecule has 0 fully saturated rings. The van der Waals surface area contributed by atoms with Gasteiger partial charge in [-0.15, -0.1) is 0 Å². The minimum atomic E-state index is -1.10. The van der Waals surface area contributed by atoms with E-state index in [1.807, 2.05) is 25.1 Å². The summed E-state index contributed by atoms with van der Waals surface area (Å²) in [7, 11) is 0. The van der Waals surface area contributed by atoms with Crippen LogP contribution in [-0.2, 0) is 0 Å². The fourth-order valence-electron chi connectivity index (χ4n) is 1.39. The predicted molar refractivity (Wildman–Crippen MR) is 61.3 cm³/mol. The molecule has 0 radical (unpaired) electrons. The smallest absolute Gasteiger partial charge is 0.358 e. The third kappa shape index (κ3) is 2.14. The van der Waals surface area contributed by atoms with E-state index < -0.39 is 5.97 Å². The van der Waals surface area contributed by atoms with E-state index in [-0.39, 0.29) is 5.69 Å². The van der Waals surface area contributed by atoms with Crippen LogP contribution in [0.4, 0.5) is 0 Å². The Morgan fingerprint density at radius 2 is 2.12 bits per heavy atom. The summed E-state index contributed by atoms with van der Waals surface area (Å²) in [5.41, 5.74) is 1.76. The van der Waals surface area contributed by atoms with Crippen LogP contribution in [0.1, 0.15) is 16.1 Å². The molecular weight excluding hydrogens is 274 g/mol. The van der Waals surface area contributed by atoms with Crippen molar-refractivity contribution in [3.63, 3.8) is 0 Å². The van der Waals surface area contributed by atoms with Crippen molar-refractivity contribution in [2.24, 2.45) is 0 Å². The Labute approximate surface area is 100 Å². The van der Waals surface area contributed by atoms with Gasteiger partial charge in [0.2, 0.25) is 0 Å². The third-order valence-corrected chi connectivity index (χ3v) is 2.51. The summed E-state index contributed by atoms with van der Waals surface area (Å²) in [6.07, 6.45) is 0. The van der Waals surface area contributed by atoms with Gasteiger partial charge in [0.15, 0.2) is 11.5 Å². The maximum Gasteiger partial charge on any atom is 0.358 e. The summed E-state index contributed by atoms with van der Waals surface area (Å²) in [6.45, 7) is 1.95. The zero-order chi connectivity index (χ0) is 11.7. The molecule has 82 valence electrons. The molecule has 4 nitrogen and oxygen atoms in total. The first-order valence-electron chi connectivity index (χ1n) is 4.54. The van der Waals surface area contributed by atoms with Crippen LogP contribution in [0.25, 0.3) is 11.3 Å². The van der Waals surface area contributed by atoms with Crippen LogP contribution in [0.5, 0.6) is 0 Å². The molecule has 0 unspecified atom stereocenters. The van der Waals surface area contributed by atoms with Gasteiger partial charge in [-0.25, -0.2) is 4.79 Å². The molecule has 0 atom stereocenters. The molecular formula is C11H8BrNO3. The van der Waals surface area contributed by atoms with E-state index in [1.54, 1.807) is 0 Å². The normalized spacial score (nSPS) is 10.4. The van der Waals surface area contributed by atoms with Gasteiger partial charge in [-0.3, -0.25) is 0 Å². The fourth-order valence-corrected chi connectivity index (χ4v) is 2.00. The first kappa shape index (κ1) is 10.9. The summed E-state index contributed by atoms with van der Waals surface area (Å²) in [5.74, 6) is -0.650. The minimum Gasteiger partial charge on any atom is -0.476 e. The summed E-state index contributed by atoms with van der Waals surface area (Å²) < 4.78 is 5.88. The van der Waals surface area contributed by atoms with Crippen LogP contribution in [-0.4, -0.2) is 16.2 Å². The van der Waals surface area contributed by atoms with Crippen molar-refractivity contribution < 1.29 is 14.4 Å². The van der Waals surface area contributed by atoms with E-state index in [9.17, 15) is 4.79 Å². The standard InChI is InChI=1S/C11H8BrNO3/c1-6-2-7(4-8(12)3-6)10-5-9(11(14)15)13-16-10/h2-5H,1H3,(H,14,15). The number of hydrogen-bond donors (Lipinski definition) is 1. The Kier molecular flexibility index (Phi) is 2.78. The maximum atomic E-state index is 10.6. The van der Waals surface area contributed by atoms with Gasteiger partial charge in [0, 0.05) is 16.1 Å². The Morgan fingerprint density at radius 1 is 1.38 bits per heavy atom. The van der Waals surface area contributed by atoms with Gasteiger partial charge in [-0.2, -0.15) is 0 Å². The van der Waals surface area contributed by atoms with E-state index in [0.29, 0.717) is 5.76 Å². The molecule has 0 aliphatic heterocycles.